The quantitative estimate of drug-likeness (QED) is 0.0327. The molecule has 6 atom stereocenters. The monoisotopic (exact) mass is 818 g/mol. The lowest BCUT2D eigenvalue weighted by Gasteiger charge is -2.28. The molecule has 3 aromatic rings. The number of nitriles is 1. The lowest BCUT2D eigenvalue weighted by atomic mass is 9.96. The van der Waals surface area contributed by atoms with E-state index in [1.165, 1.54) is 94.7 Å². The minimum absolute atomic E-state index is 0.110. The summed E-state index contributed by atoms with van der Waals surface area (Å²) in [6.07, 6.45) is 16.8. The van der Waals surface area contributed by atoms with E-state index in [1.807, 2.05) is 0 Å². The van der Waals surface area contributed by atoms with Crippen LogP contribution < -0.4 is 5.73 Å². The SMILES string of the molecule is CCCCCCCCCCCCCCCCC[C@H](COP(=O)(O)OC[C@@]1(C=NC)O[C@@H](c2ccc3c(N)ncnn23)[C@H](O)[C@@H]1O)OCc1cc(Cl)cc(C#N)c1. The molecule has 0 bridgehead atoms. The minimum Gasteiger partial charge on any atom is -0.387 e. The number of phosphoric acid groups is 1. The van der Waals surface area contributed by atoms with E-state index < -0.39 is 44.4 Å². The van der Waals surface area contributed by atoms with Crippen molar-refractivity contribution in [2.45, 2.75) is 146 Å². The lowest BCUT2D eigenvalue weighted by molar-refractivity contribution is -0.0655. The summed E-state index contributed by atoms with van der Waals surface area (Å²) in [6, 6.07) is 10.3. The number of benzene rings is 1. The molecule has 0 spiro atoms. The molecule has 1 aromatic carbocycles. The fraction of sp³-hybridized carbons (Fsp3) is 0.650. The van der Waals surface area contributed by atoms with Crippen LogP contribution in [0.5, 0.6) is 0 Å². The van der Waals surface area contributed by atoms with Crippen molar-refractivity contribution in [3.63, 3.8) is 0 Å². The Hall–Kier alpha value is -2.96. The highest BCUT2D eigenvalue weighted by Gasteiger charge is 2.55. The summed E-state index contributed by atoms with van der Waals surface area (Å²) in [5, 5.41) is 36.2. The number of ether oxygens (including phenoxy) is 2. The largest absolute Gasteiger partial charge is 0.472 e. The topological polar surface area (TPSA) is 207 Å². The van der Waals surface area contributed by atoms with Crippen molar-refractivity contribution in [1.82, 2.24) is 14.6 Å². The van der Waals surface area contributed by atoms with Gasteiger partial charge >= 0.3 is 7.82 Å². The van der Waals surface area contributed by atoms with E-state index in [4.69, 9.17) is 35.9 Å². The number of aliphatic hydroxyl groups is 2. The highest BCUT2D eigenvalue weighted by molar-refractivity contribution is 7.47. The van der Waals surface area contributed by atoms with E-state index in [9.17, 15) is 24.9 Å². The van der Waals surface area contributed by atoms with Crippen molar-refractivity contribution in [3.8, 4) is 6.07 Å². The van der Waals surface area contributed by atoms with Gasteiger partial charge in [-0.1, -0.05) is 115 Å². The lowest BCUT2D eigenvalue weighted by Crippen LogP contribution is -2.48. The van der Waals surface area contributed by atoms with E-state index in [2.05, 4.69) is 28.1 Å². The molecule has 1 fully saturated rings. The van der Waals surface area contributed by atoms with E-state index in [0.29, 0.717) is 33.8 Å². The van der Waals surface area contributed by atoms with Crippen LogP contribution in [-0.2, 0) is 29.7 Å². The number of aromatic nitrogens is 3. The number of phosphoric ester groups is 1. The Balaban J connectivity index is 1.28. The Morgan fingerprint density at radius 2 is 1.68 bits per heavy atom. The zero-order valence-corrected chi connectivity index (χ0v) is 34.5. The third-order valence-corrected chi connectivity index (χ3v) is 11.4. The van der Waals surface area contributed by atoms with Crippen molar-refractivity contribution >= 4 is 37.0 Å². The third-order valence-electron chi connectivity index (χ3n) is 10.2. The van der Waals surface area contributed by atoms with Crippen LogP contribution in [0.2, 0.25) is 5.02 Å². The fourth-order valence-corrected chi connectivity index (χ4v) is 8.16. The van der Waals surface area contributed by atoms with Gasteiger partial charge in [-0.2, -0.15) is 10.4 Å². The molecule has 2 aromatic heterocycles. The first-order valence-corrected chi connectivity index (χ1v) is 21.9. The number of nitrogens with zero attached hydrogens (tertiary/aromatic N) is 5. The number of rotatable bonds is 27. The normalized spacial score (nSPS) is 21.5. The molecular formula is C40H60ClN6O8P. The van der Waals surface area contributed by atoms with Gasteiger partial charge in [0.05, 0.1) is 43.3 Å². The summed E-state index contributed by atoms with van der Waals surface area (Å²) >= 11 is 6.20. The van der Waals surface area contributed by atoms with Crippen LogP contribution in [-0.4, -0.2) is 80.1 Å². The van der Waals surface area contributed by atoms with Crippen LogP contribution in [0.4, 0.5) is 5.82 Å². The summed E-state index contributed by atoms with van der Waals surface area (Å²) in [6.45, 7) is 1.43. The summed E-state index contributed by atoms with van der Waals surface area (Å²) in [5.74, 6) is 0.212. The zero-order valence-electron chi connectivity index (χ0n) is 32.8. The van der Waals surface area contributed by atoms with E-state index in [-0.39, 0.29) is 19.0 Å². The number of unbranched alkanes of at least 4 members (excludes halogenated alkanes) is 14. The molecular weight excluding hydrogens is 759 g/mol. The number of anilines is 1. The van der Waals surface area contributed by atoms with Gasteiger partial charge in [-0.05, 0) is 42.3 Å². The van der Waals surface area contributed by atoms with Crippen LogP contribution in [0.25, 0.3) is 5.52 Å². The number of hydrogen-bond donors (Lipinski definition) is 4. The third kappa shape index (κ3) is 13.9. The molecule has 1 aliphatic heterocycles. The Labute approximate surface area is 336 Å². The molecule has 1 unspecified atom stereocenters. The molecule has 0 saturated carbocycles. The zero-order chi connectivity index (χ0) is 40.4. The number of halogens is 1. The first-order valence-electron chi connectivity index (χ1n) is 20.0. The number of hydrogen-bond acceptors (Lipinski definition) is 12. The van der Waals surface area contributed by atoms with Gasteiger partial charge in [0.25, 0.3) is 0 Å². The summed E-state index contributed by atoms with van der Waals surface area (Å²) < 4.78 is 37.8. The Bertz CT molecular complexity index is 1760. The maximum Gasteiger partial charge on any atom is 0.472 e. The van der Waals surface area contributed by atoms with E-state index >= 15 is 0 Å². The minimum atomic E-state index is -4.75. The van der Waals surface area contributed by atoms with Gasteiger partial charge in [0.1, 0.15) is 30.2 Å². The van der Waals surface area contributed by atoms with Crippen LogP contribution in [0.15, 0.2) is 41.7 Å². The summed E-state index contributed by atoms with van der Waals surface area (Å²) in [7, 11) is -3.31. The van der Waals surface area contributed by atoms with Crippen LogP contribution in [0.1, 0.15) is 133 Å². The molecule has 5 N–H and O–H groups in total. The molecule has 310 valence electrons. The predicted octanol–water partition coefficient (Wildman–Crippen LogP) is 8.05. The highest BCUT2D eigenvalue weighted by atomic mass is 35.5. The maximum atomic E-state index is 13.3. The summed E-state index contributed by atoms with van der Waals surface area (Å²) in [4.78, 5) is 18.8. The average Bonchev–Trinajstić information content (AvgIpc) is 3.72. The molecule has 0 aliphatic carbocycles. The van der Waals surface area contributed by atoms with Crippen LogP contribution in [0.3, 0.4) is 0 Å². The van der Waals surface area contributed by atoms with Gasteiger partial charge in [-0.15, -0.1) is 0 Å². The number of fused-ring (bicyclic) bond motifs is 1. The molecule has 3 heterocycles. The first-order chi connectivity index (χ1) is 27.0. The van der Waals surface area contributed by atoms with Crippen molar-refractivity contribution in [1.29, 1.82) is 5.26 Å². The molecule has 1 aliphatic rings. The fourth-order valence-electron chi connectivity index (χ4n) is 7.10. The molecule has 4 rings (SSSR count). The van der Waals surface area contributed by atoms with E-state index in [1.54, 1.807) is 30.3 Å². The Kier molecular flexibility index (Phi) is 19.1. The highest BCUT2D eigenvalue weighted by Crippen LogP contribution is 2.47. The van der Waals surface area contributed by atoms with Crippen LogP contribution in [0, 0.1) is 11.3 Å². The maximum absolute atomic E-state index is 13.3. The smallest absolute Gasteiger partial charge is 0.387 e. The first kappa shape index (κ1) is 45.7. The van der Waals surface area contributed by atoms with Crippen molar-refractivity contribution in [2.24, 2.45) is 4.99 Å². The van der Waals surface area contributed by atoms with Gasteiger partial charge in [0.15, 0.2) is 11.4 Å². The van der Waals surface area contributed by atoms with Crippen molar-refractivity contribution in [3.05, 3.63) is 58.5 Å². The molecule has 1 saturated heterocycles. The molecule has 0 amide bonds. The van der Waals surface area contributed by atoms with Gasteiger partial charge < -0.3 is 30.3 Å². The van der Waals surface area contributed by atoms with Crippen molar-refractivity contribution < 1.29 is 38.2 Å². The van der Waals surface area contributed by atoms with Gasteiger partial charge in [0.2, 0.25) is 0 Å². The van der Waals surface area contributed by atoms with Gasteiger partial charge in [-0.3, -0.25) is 14.0 Å². The number of nitrogens with two attached hydrogens (primary N) is 1. The number of nitrogen functional groups attached to an aromatic ring is 1. The summed E-state index contributed by atoms with van der Waals surface area (Å²) in [5.41, 5.74) is 6.08. The Morgan fingerprint density at radius 3 is 2.30 bits per heavy atom. The van der Waals surface area contributed by atoms with Crippen LogP contribution >= 0.6 is 19.4 Å². The number of aliphatic hydroxyl groups excluding tert-OH is 2. The molecule has 14 nitrogen and oxygen atoms in total. The van der Waals surface area contributed by atoms with Crippen molar-refractivity contribution in [2.75, 3.05) is 26.0 Å². The number of aliphatic imine (C=N–C) groups is 1. The second kappa shape index (κ2) is 23.4. The predicted molar refractivity (Wildman–Crippen MR) is 216 cm³/mol. The van der Waals surface area contributed by atoms with Gasteiger partial charge in [-0.25, -0.2) is 14.1 Å². The molecule has 16 heteroatoms. The second-order valence-electron chi connectivity index (χ2n) is 14.7. The standard InChI is InChI=1S/C40H60ClN6O8P/c1-3-4-5-6-7-8-9-10-11-12-13-14-15-16-17-18-33(52-25-31-21-30(24-42)22-32(41)23-31)26-53-56(50,51)54-28-40(27-44-2)38(49)36(48)37(55-40)34-19-20-35-39(43)45-29-46-47(34)35/h19-23,27,29,33,36-38,48-49H,3-18,25-26,28H2,1-2H3,(H,50,51)(H2,43,45,46)/t33-,36+,37+,38+,40-/m1/s1. The van der Waals surface area contributed by atoms with Gasteiger partial charge in [0, 0.05) is 18.3 Å². The average molecular weight is 819 g/mol. The molecule has 0 radical (unpaired) electrons. The second-order valence-corrected chi connectivity index (χ2v) is 16.6. The molecule has 56 heavy (non-hydrogen) atoms. The Morgan fingerprint density at radius 1 is 1.04 bits per heavy atom. The van der Waals surface area contributed by atoms with E-state index in [0.717, 1.165) is 25.7 Å².